The van der Waals surface area contributed by atoms with Crippen LogP contribution in [-0.4, -0.2) is 58.1 Å². The fraction of sp³-hybridized carbons (Fsp3) is 0.333. The van der Waals surface area contributed by atoms with Gasteiger partial charge in [0.2, 0.25) is 0 Å². The summed E-state index contributed by atoms with van der Waals surface area (Å²) in [4.78, 5) is 28.6. The molecule has 2 saturated heterocycles. The van der Waals surface area contributed by atoms with Gasteiger partial charge in [-0.1, -0.05) is 24.3 Å². The number of hydrogen-bond donors (Lipinski definition) is 1. The summed E-state index contributed by atoms with van der Waals surface area (Å²) in [5.41, 5.74) is 3.04. The van der Waals surface area contributed by atoms with Gasteiger partial charge in [-0.15, -0.1) is 0 Å². The third kappa shape index (κ3) is 5.31. The van der Waals surface area contributed by atoms with Gasteiger partial charge in [-0.3, -0.25) is 4.79 Å². The number of likely N-dealkylation sites (tertiary alicyclic amines) is 2. The molecule has 3 heterocycles. The van der Waals surface area contributed by atoms with Crippen molar-refractivity contribution >= 4 is 17.6 Å². The van der Waals surface area contributed by atoms with Gasteiger partial charge in [0.05, 0.1) is 11.3 Å². The van der Waals surface area contributed by atoms with Crippen LogP contribution in [0.25, 0.3) is 0 Å². The van der Waals surface area contributed by atoms with Crippen molar-refractivity contribution < 1.29 is 14.0 Å². The van der Waals surface area contributed by atoms with E-state index in [1.54, 1.807) is 34.2 Å². The topological polar surface area (TPSA) is 78.4 Å². The van der Waals surface area contributed by atoms with Gasteiger partial charge >= 0.3 is 6.03 Å². The van der Waals surface area contributed by atoms with Gasteiger partial charge in [-0.25, -0.2) is 9.18 Å². The van der Waals surface area contributed by atoms with Crippen molar-refractivity contribution in [3.63, 3.8) is 0 Å². The molecule has 0 unspecified atom stereocenters. The molecule has 0 atom stereocenters. The van der Waals surface area contributed by atoms with Crippen LogP contribution in [-0.2, 0) is 6.42 Å². The van der Waals surface area contributed by atoms with Gasteiger partial charge in [-0.2, -0.15) is 10.2 Å². The van der Waals surface area contributed by atoms with Gasteiger partial charge in [0.1, 0.15) is 5.82 Å². The Bertz CT molecular complexity index is 1170. The number of hydrogen-bond acceptors (Lipinski definition) is 4. The fourth-order valence-electron chi connectivity index (χ4n) is 4.77. The molecule has 2 aromatic carbocycles. The molecule has 1 N–H and O–H groups in total. The molecule has 2 aliphatic rings. The number of nitrogens with one attached hydrogen (secondary N) is 1. The molecular formula is C27H28FN5O2. The van der Waals surface area contributed by atoms with Crippen LogP contribution in [0.1, 0.15) is 40.4 Å². The van der Waals surface area contributed by atoms with Crippen molar-refractivity contribution in [2.24, 2.45) is 5.92 Å². The zero-order chi connectivity index (χ0) is 24.2. The number of urea groups is 1. The van der Waals surface area contributed by atoms with Gasteiger partial charge in [0, 0.05) is 44.0 Å². The van der Waals surface area contributed by atoms with Crippen molar-refractivity contribution in [2.45, 2.75) is 25.2 Å². The maximum absolute atomic E-state index is 13.9. The van der Waals surface area contributed by atoms with Crippen LogP contribution in [0.3, 0.4) is 0 Å². The summed E-state index contributed by atoms with van der Waals surface area (Å²) >= 11 is 0. The van der Waals surface area contributed by atoms with E-state index in [4.69, 9.17) is 0 Å². The van der Waals surface area contributed by atoms with Crippen molar-refractivity contribution in [3.8, 4) is 0 Å². The molecule has 0 aliphatic carbocycles. The number of anilines is 1. The smallest absolute Gasteiger partial charge is 0.321 e. The lowest BCUT2D eigenvalue weighted by atomic mass is 9.90. The monoisotopic (exact) mass is 473 g/mol. The summed E-state index contributed by atoms with van der Waals surface area (Å²) in [5, 5.41) is 11.0. The average Bonchev–Trinajstić information content (AvgIpc) is 2.85. The van der Waals surface area contributed by atoms with Crippen molar-refractivity contribution in [1.29, 1.82) is 0 Å². The first kappa shape index (κ1) is 23.0. The van der Waals surface area contributed by atoms with E-state index in [1.165, 1.54) is 11.6 Å². The number of benzene rings is 2. The second kappa shape index (κ2) is 10.2. The van der Waals surface area contributed by atoms with Crippen LogP contribution in [0, 0.1) is 11.7 Å². The zero-order valence-corrected chi connectivity index (χ0v) is 19.4. The highest BCUT2D eigenvalue weighted by molar-refractivity contribution is 5.94. The minimum Gasteiger partial charge on any atom is -0.339 e. The van der Waals surface area contributed by atoms with Gasteiger partial charge in [0.15, 0.2) is 0 Å². The van der Waals surface area contributed by atoms with E-state index >= 15 is 0 Å². The predicted octanol–water partition coefficient (Wildman–Crippen LogP) is 4.34. The van der Waals surface area contributed by atoms with E-state index in [0.717, 1.165) is 30.6 Å². The summed E-state index contributed by atoms with van der Waals surface area (Å²) in [6, 6.07) is 17.8. The first-order valence-corrected chi connectivity index (χ1v) is 12.0. The normalized spacial score (nSPS) is 16.6. The number of carbonyl (C=O) groups excluding carboxylic acids is 2. The van der Waals surface area contributed by atoms with Crippen molar-refractivity contribution in [1.82, 2.24) is 20.0 Å². The van der Waals surface area contributed by atoms with Crippen LogP contribution < -0.4 is 5.32 Å². The summed E-state index contributed by atoms with van der Waals surface area (Å²) in [7, 11) is 0. The van der Waals surface area contributed by atoms with Crippen LogP contribution in [0.5, 0.6) is 0 Å². The fourth-order valence-corrected chi connectivity index (χ4v) is 4.77. The number of carbonyl (C=O) groups is 2. The molecule has 3 aromatic rings. The van der Waals surface area contributed by atoms with E-state index in [2.05, 4.69) is 15.5 Å². The number of piperidine rings is 1. The Hall–Kier alpha value is -3.81. The summed E-state index contributed by atoms with van der Waals surface area (Å²) in [6.45, 7) is 2.55. The highest BCUT2D eigenvalue weighted by Gasteiger charge is 2.33. The van der Waals surface area contributed by atoms with Crippen molar-refractivity contribution in [3.05, 3.63) is 89.5 Å². The molecule has 8 heteroatoms. The number of nitrogens with zero attached hydrogens (tertiary/aromatic N) is 4. The van der Waals surface area contributed by atoms with Crippen LogP contribution >= 0.6 is 0 Å². The highest BCUT2D eigenvalue weighted by Crippen LogP contribution is 2.27. The molecule has 1 aromatic heterocycles. The van der Waals surface area contributed by atoms with E-state index in [9.17, 15) is 14.0 Å². The molecular weight excluding hydrogens is 445 g/mol. The van der Waals surface area contributed by atoms with Gasteiger partial charge in [0.25, 0.3) is 5.91 Å². The first-order chi connectivity index (χ1) is 17.1. The molecule has 0 bridgehead atoms. The van der Waals surface area contributed by atoms with Gasteiger partial charge in [-0.05, 0) is 67.1 Å². The van der Waals surface area contributed by atoms with Crippen LogP contribution in [0.15, 0.2) is 66.9 Å². The molecule has 0 spiro atoms. The van der Waals surface area contributed by atoms with Crippen LogP contribution in [0.4, 0.5) is 14.9 Å². The third-order valence-electron chi connectivity index (χ3n) is 6.92. The Kier molecular flexibility index (Phi) is 6.70. The maximum atomic E-state index is 13.9. The Morgan fingerprint density at radius 1 is 0.943 bits per heavy atom. The lowest BCUT2D eigenvalue weighted by Crippen LogP contribution is -2.50. The molecule has 2 fully saturated rings. The average molecular weight is 474 g/mol. The first-order valence-electron chi connectivity index (χ1n) is 12.0. The predicted molar refractivity (Wildman–Crippen MR) is 131 cm³/mol. The lowest BCUT2D eigenvalue weighted by molar-refractivity contribution is 0.0686. The van der Waals surface area contributed by atoms with Crippen molar-refractivity contribution in [2.75, 3.05) is 31.5 Å². The molecule has 0 saturated carbocycles. The molecule has 5 rings (SSSR count). The summed E-state index contributed by atoms with van der Waals surface area (Å²) in [5.74, 6) is 0.0163. The Balaban J connectivity index is 1.07. The SMILES string of the molecule is O=C(Nc1ccc(CC2CCN(C(=O)c3ccccc3F)CC2)cc1)N1CC(c2cccnn2)C1. The second-order valence-electron chi connectivity index (χ2n) is 9.30. The molecule has 3 amide bonds. The highest BCUT2D eigenvalue weighted by atomic mass is 19.1. The molecule has 180 valence electrons. The number of amides is 3. The standard InChI is InChI=1S/C27H28FN5O2/c28-24-5-2-1-4-23(24)26(34)32-14-11-20(12-15-32)16-19-7-9-22(10-8-19)30-27(35)33-17-21(18-33)25-6-3-13-29-31-25/h1-10,13,20-21H,11-12,14-18H2,(H,30,35). The van der Waals surface area contributed by atoms with E-state index in [1.807, 2.05) is 36.4 Å². The van der Waals surface area contributed by atoms with E-state index in [-0.39, 0.29) is 23.4 Å². The Morgan fingerprint density at radius 3 is 2.37 bits per heavy atom. The quantitative estimate of drug-likeness (QED) is 0.598. The molecule has 35 heavy (non-hydrogen) atoms. The number of aromatic nitrogens is 2. The molecule has 2 aliphatic heterocycles. The van der Waals surface area contributed by atoms with E-state index in [0.29, 0.717) is 32.1 Å². The summed E-state index contributed by atoms with van der Waals surface area (Å²) in [6.07, 6.45) is 4.34. The Morgan fingerprint density at radius 2 is 1.69 bits per heavy atom. The van der Waals surface area contributed by atoms with Crippen LogP contribution in [0.2, 0.25) is 0 Å². The molecule has 0 radical (unpaired) electrons. The summed E-state index contributed by atoms with van der Waals surface area (Å²) < 4.78 is 13.9. The van der Waals surface area contributed by atoms with Gasteiger partial charge < -0.3 is 15.1 Å². The minimum absolute atomic E-state index is 0.107. The minimum atomic E-state index is -0.466. The largest absolute Gasteiger partial charge is 0.339 e. The second-order valence-corrected chi connectivity index (χ2v) is 9.30. The zero-order valence-electron chi connectivity index (χ0n) is 19.4. The number of halogens is 1. The number of rotatable bonds is 5. The Labute approximate surface area is 204 Å². The maximum Gasteiger partial charge on any atom is 0.321 e. The molecule has 7 nitrogen and oxygen atoms in total. The van der Waals surface area contributed by atoms with E-state index < -0.39 is 5.82 Å². The lowest BCUT2D eigenvalue weighted by Gasteiger charge is -2.38. The third-order valence-corrected chi connectivity index (χ3v) is 6.92.